The first-order valence-corrected chi connectivity index (χ1v) is 9.15. The van der Waals surface area contributed by atoms with Crippen LogP contribution in [0.4, 0.5) is 0 Å². The summed E-state index contributed by atoms with van der Waals surface area (Å²) in [5.74, 6) is 6.62. The van der Waals surface area contributed by atoms with Gasteiger partial charge in [0.2, 0.25) is 0 Å². The molecule has 0 heterocycles. The van der Waals surface area contributed by atoms with E-state index in [2.05, 4.69) is 11.8 Å². The lowest BCUT2D eigenvalue weighted by atomic mass is 9.92. The topological polar surface area (TPSA) is 43.7 Å². The molecule has 0 aliphatic rings. The zero-order chi connectivity index (χ0) is 19.7. The molecule has 0 saturated carbocycles. The van der Waals surface area contributed by atoms with Crippen LogP contribution in [0.25, 0.3) is 32.7 Å². The summed E-state index contributed by atoms with van der Waals surface area (Å²) in [6.45, 7) is 0.697. The summed E-state index contributed by atoms with van der Waals surface area (Å²) in [5.41, 5.74) is 2.21. The molecule has 0 amide bonds. The van der Waals surface area contributed by atoms with E-state index in [1.54, 1.807) is 12.1 Å². The molecule has 0 aromatic heterocycles. The number of fused-ring (bicyclic) bond motifs is 2. The van der Waals surface area contributed by atoms with Crippen molar-refractivity contribution in [3.63, 3.8) is 0 Å². The molecule has 0 aliphatic heterocycles. The van der Waals surface area contributed by atoms with Crippen LogP contribution in [0.3, 0.4) is 0 Å². The molecule has 4 aromatic rings. The number of hydrogen-bond donors (Lipinski definition) is 2. The van der Waals surface area contributed by atoms with Crippen LogP contribution in [0.1, 0.15) is 5.56 Å². The Kier molecular flexibility index (Phi) is 4.65. The van der Waals surface area contributed by atoms with Crippen molar-refractivity contribution in [3.05, 3.63) is 72.3 Å². The lowest BCUT2D eigenvalue weighted by Gasteiger charge is -2.14. The molecule has 0 aliphatic carbocycles. The Balaban J connectivity index is 1.94. The van der Waals surface area contributed by atoms with Crippen LogP contribution in [0.5, 0.6) is 11.5 Å². The molecule has 0 unspecified atom stereocenters. The number of rotatable bonds is 2. The third-order valence-electron chi connectivity index (χ3n) is 4.78. The van der Waals surface area contributed by atoms with Crippen LogP contribution >= 0.6 is 0 Å². The number of hydrogen-bond acceptors (Lipinski definition) is 3. The van der Waals surface area contributed by atoms with Gasteiger partial charge >= 0.3 is 0 Å². The predicted octanol–water partition coefficient (Wildman–Crippen LogP) is 4.98. The number of nitrogens with zero attached hydrogens (tertiary/aromatic N) is 1. The Hall–Kier alpha value is -3.48. The molecule has 3 nitrogen and oxygen atoms in total. The highest BCUT2D eigenvalue weighted by Gasteiger charge is 2.16. The van der Waals surface area contributed by atoms with Crippen LogP contribution in [-0.4, -0.2) is 35.8 Å². The van der Waals surface area contributed by atoms with Gasteiger partial charge in [0.25, 0.3) is 0 Å². The molecule has 0 fully saturated rings. The predicted molar refractivity (Wildman–Crippen MR) is 116 cm³/mol. The van der Waals surface area contributed by atoms with Crippen LogP contribution in [0.15, 0.2) is 66.7 Å². The minimum atomic E-state index is 0.144. The Bertz CT molecular complexity index is 1250. The molecule has 0 bridgehead atoms. The minimum absolute atomic E-state index is 0.144. The second kappa shape index (κ2) is 7.26. The zero-order valence-electron chi connectivity index (χ0n) is 15.9. The number of phenols is 2. The Labute approximate surface area is 164 Å². The van der Waals surface area contributed by atoms with Crippen molar-refractivity contribution in [2.24, 2.45) is 0 Å². The van der Waals surface area contributed by atoms with Crippen LogP contribution in [0, 0.1) is 11.8 Å². The molecule has 3 heteroatoms. The summed E-state index contributed by atoms with van der Waals surface area (Å²) in [4.78, 5) is 2.02. The Morgan fingerprint density at radius 2 is 1.39 bits per heavy atom. The number of phenolic OH excluding ortho intramolecular Hbond substituents is 2. The smallest absolute Gasteiger partial charge is 0.124 e. The van der Waals surface area contributed by atoms with Crippen molar-refractivity contribution >= 4 is 21.5 Å². The molecular formula is C25H21NO2. The van der Waals surface area contributed by atoms with E-state index < -0.39 is 0 Å². The zero-order valence-corrected chi connectivity index (χ0v) is 15.9. The van der Waals surface area contributed by atoms with Crippen molar-refractivity contribution < 1.29 is 10.2 Å². The van der Waals surface area contributed by atoms with Gasteiger partial charge in [0, 0.05) is 16.7 Å². The van der Waals surface area contributed by atoms with Crippen molar-refractivity contribution in [1.82, 2.24) is 4.90 Å². The lowest BCUT2D eigenvalue weighted by Crippen LogP contribution is -2.10. The summed E-state index contributed by atoms with van der Waals surface area (Å²) in [6, 6.07) is 20.9. The van der Waals surface area contributed by atoms with Crippen molar-refractivity contribution in [2.45, 2.75) is 0 Å². The molecule has 28 heavy (non-hydrogen) atoms. The van der Waals surface area contributed by atoms with Gasteiger partial charge in [-0.1, -0.05) is 54.3 Å². The minimum Gasteiger partial charge on any atom is -0.507 e. The first kappa shape index (κ1) is 17.9. The normalized spacial score (nSPS) is 11.0. The second-order valence-electron chi connectivity index (χ2n) is 7.12. The summed E-state index contributed by atoms with van der Waals surface area (Å²) < 4.78 is 0. The monoisotopic (exact) mass is 367 g/mol. The van der Waals surface area contributed by atoms with E-state index >= 15 is 0 Å². The van der Waals surface area contributed by atoms with Gasteiger partial charge in [0.05, 0.1) is 6.54 Å². The maximum Gasteiger partial charge on any atom is 0.124 e. The van der Waals surface area contributed by atoms with E-state index in [0.29, 0.717) is 17.7 Å². The first-order chi connectivity index (χ1) is 13.5. The van der Waals surface area contributed by atoms with Crippen molar-refractivity contribution in [3.8, 4) is 34.5 Å². The summed E-state index contributed by atoms with van der Waals surface area (Å²) >= 11 is 0. The average Bonchev–Trinajstić information content (AvgIpc) is 2.68. The van der Waals surface area contributed by atoms with E-state index in [1.807, 2.05) is 73.6 Å². The maximum absolute atomic E-state index is 10.7. The molecule has 4 rings (SSSR count). The highest BCUT2D eigenvalue weighted by Crippen LogP contribution is 2.44. The highest BCUT2D eigenvalue weighted by molar-refractivity contribution is 6.09. The fourth-order valence-electron chi connectivity index (χ4n) is 3.48. The summed E-state index contributed by atoms with van der Waals surface area (Å²) in [6.07, 6.45) is 0. The third kappa shape index (κ3) is 3.26. The molecule has 0 atom stereocenters. The van der Waals surface area contributed by atoms with E-state index in [-0.39, 0.29) is 11.5 Å². The van der Waals surface area contributed by atoms with Crippen LogP contribution in [0.2, 0.25) is 0 Å². The fourth-order valence-corrected chi connectivity index (χ4v) is 3.48. The molecule has 4 aromatic carbocycles. The standard InChI is InChI=1S/C25H21NO2/c1-26(2)15-5-6-17-9-12-21-19(16-17)11-14-23(28)25(21)24-20-8-4-3-7-18(20)10-13-22(24)27/h3-4,7-14,16,27-28H,15H2,1-2H3. The van der Waals surface area contributed by atoms with E-state index in [0.717, 1.165) is 27.1 Å². The van der Waals surface area contributed by atoms with E-state index in [9.17, 15) is 10.2 Å². The third-order valence-corrected chi connectivity index (χ3v) is 4.78. The van der Waals surface area contributed by atoms with Gasteiger partial charge in [0.15, 0.2) is 0 Å². The second-order valence-corrected chi connectivity index (χ2v) is 7.12. The SMILES string of the molecule is CN(C)CC#Cc1ccc2c(-c3c(O)ccc4ccccc34)c(O)ccc2c1. The van der Waals surface area contributed by atoms with Crippen molar-refractivity contribution in [1.29, 1.82) is 0 Å². The van der Waals surface area contributed by atoms with Gasteiger partial charge in [-0.2, -0.15) is 0 Å². The van der Waals surface area contributed by atoms with Crippen LogP contribution in [-0.2, 0) is 0 Å². The Morgan fingerprint density at radius 1 is 0.750 bits per heavy atom. The average molecular weight is 367 g/mol. The Morgan fingerprint density at radius 3 is 2.11 bits per heavy atom. The lowest BCUT2D eigenvalue weighted by molar-refractivity contribution is 0.464. The maximum atomic E-state index is 10.7. The molecule has 0 spiro atoms. The van der Waals surface area contributed by atoms with Crippen LogP contribution < -0.4 is 0 Å². The largest absolute Gasteiger partial charge is 0.507 e. The van der Waals surface area contributed by atoms with Gasteiger partial charge in [-0.15, -0.1) is 0 Å². The van der Waals surface area contributed by atoms with Gasteiger partial charge in [-0.05, 0) is 59.9 Å². The van der Waals surface area contributed by atoms with Gasteiger partial charge in [-0.3, -0.25) is 4.90 Å². The summed E-state index contributed by atoms with van der Waals surface area (Å²) in [5, 5.41) is 25.1. The van der Waals surface area contributed by atoms with Gasteiger partial charge in [-0.25, -0.2) is 0 Å². The number of benzene rings is 4. The molecule has 2 N–H and O–H groups in total. The highest BCUT2D eigenvalue weighted by atomic mass is 16.3. The molecule has 138 valence electrons. The quantitative estimate of drug-likeness (QED) is 0.491. The van der Waals surface area contributed by atoms with Gasteiger partial charge < -0.3 is 10.2 Å². The molecule has 0 saturated heterocycles. The number of aromatic hydroxyl groups is 2. The van der Waals surface area contributed by atoms with Gasteiger partial charge in [0.1, 0.15) is 11.5 Å². The first-order valence-electron chi connectivity index (χ1n) is 9.15. The summed E-state index contributed by atoms with van der Waals surface area (Å²) in [7, 11) is 3.97. The fraction of sp³-hybridized carbons (Fsp3) is 0.120. The van der Waals surface area contributed by atoms with Crippen molar-refractivity contribution in [2.75, 3.05) is 20.6 Å². The van der Waals surface area contributed by atoms with E-state index in [1.165, 1.54) is 0 Å². The van der Waals surface area contributed by atoms with E-state index in [4.69, 9.17) is 0 Å². The molecular weight excluding hydrogens is 346 g/mol. The molecule has 0 radical (unpaired) electrons.